The van der Waals surface area contributed by atoms with Crippen LogP contribution in [-0.2, 0) is 6.61 Å². The first kappa shape index (κ1) is 13.8. The van der Waals surface area contributed by atoms with Gasteiger partial charge in [0.15, 0.2) is 11.5 Å². The molecule has 0 aromatic heterocycles. The van der Waals surface area contributed by atoms with Gasteiger partial charge in [-0.25, -0.2) is 0 Å². The monoisotopic (exact) mass is 268 g/mol. The highest BCUT2D eigenvalue weighted by Gasteiger charge is 2.15. The van der Waals surface area contributed by atoms with Crippen molar-refractivity contribution < 1.29 is 14.2 Å². The smallest absolute Gasteiger partial charge is 0.204 e. The van der Waals surface area contributed by atoms with E-state index in [4.69, 9.17) is 20.6 Å². The Morgan fingerprint density at radius 2 is 1.65 bits per heavy atom. The Morgan fingerprint density at radius 3 is 2.25 bits per heavy atom. The van der Waals surface area contributed by atoms with Crippen LogP contribution in [0.1, 0.15) is 11.1 Å². The molecule has 0 amide bonds. The largest absolute Gasteiger partial charge is 0.491 e. The van der Waals surface area contributed by atoms with Gasteiger partial charge in [0.25, 0.3) is 0 Å². The van der Waals surface area contributed by atoms with Gasteiger partial charge in [-0.2, -0.15) is 0 Å². The van der Waals surface area contributed by atoms with E-state index in [1.807, 2.05) is 30.3 Å². The van der Waals surface area contributed by atoms with Crippen LogP contribution in [0.25, 0.3) is 0 Å². The number of hydrogen-bond donors (Lipinski definition) is 0. The molecule has 0 heterocycles. The number of benzene rings is 2. The molecule has 0 unspecified atom stereocenters. The van der Waals surface area contributed by atoms with E-state index in [-0.39, 0.29) is 0 Å². The normalized spacial score (nSPS) is 9.65. The van der Waals surface area contributed by atoms with E-state index < -0.39 is 0 Å². The van der Waals surface area contributed by atoms with Crippen molar-refractivity contribution in [2.75, 3.05) is 14.2 Å². The standard InChI is InChI=1S/C17H16O3/c1-4-14-10-11-15(17(19-3)16(14)18-2)20-12-13-8-6-5-7-9-13/h1,5-11H,12H2,2-3H3. The zero-order valence-electron chi connectivity index (χ0n) is 11.6. The summed E-state index contributed by atoms with van der Waals surface area (Å²) in [6.07, 6.45) is 5.44. The minimum absolute atomic E-state index is 0.454. The molecule has 0 saturated carbocycles. The summed E-state index contributed by atoms with van der Waals surface area (Å²) in [6.45, 7) is 0.454. The van der Waals surface area contributed by atoms with Gasteiger partial charge < -0.3 is 14.2 Å². The van der Waals surface area contributed by atoms with Gasteiger partial charge in [-0.1, -0.05) is 36.3 Å². The Bertz CT molecular complexity index is 612. The van der Waals surface area contributed by atoms with Crippen molar-refractivity contribution in [3.63, 3.8) is 0 Å². The van der Waals surface area contributed by atoms with Crippen LogP contribution < -0.4 is 14.2 Å². The van der Waals surface area contributed by atoms with Gasteiger partial charge in [-0.3, -0.25) is 0 Å². The van der Waals surface area contributed by atoms with Crippen LogP contribution in [0, 0.1) is 12.3 Å². The summed E-state index contributed by atoms with van der Waals surface area (Å²) in [4.78, 5) is 0. The Kier molecular flexibility index (Phi) is 4.52. The van der Waals surface area contributed by atoms with E-state index in [9.17, 15) is 0 Å². The molecule has 0 radical (unpaired) electrons. The first-order valence-electron chi connectivity index (χ1n) is 6.18. The zero-order chi connectivity index (χ0) is 14.4. The number of methoxy groups -OCH3 is 2. The van der Waals surface area contributed by atoms with E-state index in [0.717, 1.165) is 5.56 Å². The molecule has 0 atom stereocenters. The van der Waals surface area contributed by atoms with E-state index in [1.54, 1.807) is 26.4 Å². The molecule has 0 saturated heterocycles. The third-order valence-electron chi connectivity index (χ3n) is 2.88. The summed E-state index contributed by atoms with van der Waals surface area (Å²) in [5, 5.41) is 0. The summed E-state index contributed by atoms with van der Waals surface area (Å²) in [5.41, 5.74) is 1.71. The van der Waals surface area contributed by atoms with Crippen LogP contribution in [0.3, 0.4) is 0 Å². The highest BCUT2D eigenvalue weighted by Crippen LogP contribution is 2.39. The Hall–Kier alpha value is -2.60. The Morgan fingerprint density at radius 1 is 0.950 bits per heavy atom. The van der Waals surface area contributed by atoms with Crippen molar-refractivity contribution in [2.24, 2.45) is 0 Å². The number of ether oxygens (including phenoxy) is 3. The highest BCUT2D eigenvalue weighted by molar-refractivity contribution is 5.60. The quantitative estimate of drug-likeness (QED) is 0.779. The average Bonchev–Trinajstić information content (AvgIpc) is 2.52. The average molecular weight is 268 g/mol. The van der Waals surface area contributed by atoms with Gasteiger partial charge in [0.1, 0.15) is 6.61 Å². The lowest BCUT2D eigenvalue weighted by atomic mass is 10.1. The molecule has 0 aliphatic carbocycles. The van der Waals surface area contributed by atoms with Crippen molar-refractivity contribution in [3.8, 4) is 29.6 Å². The molecule has 0 bridgehead atoms. The van der Waals surface area contributed by atoms with Gasteiger partial charge >= 0.3 is 0 Å². The van der Waals surface area contributed by atoms with Crippen molar-refractivity contribution in [2.45, 2.75) is 6.61 Å². The van der Waals surface area contributed by atoms with Crippen LogP contribution in [0.5, 0.6) is 17.2 Å². The fourth-order valence-electron chi connectivity index (χ4n) is 1.90. The van der Waals surface area contributed by atoms with Gasteiger partial charge in [0.2, 0.25) is 5.75 Å². The van der Waals surface area contributed by atoms with E-state index >= 15 is 0 Å². The molecular formula is C17H16O3. The summed E-state index contributed by atoms with van der Waals surface area (Å²) in [6, 6.07) is 13.5. The fourth-order valence-corrected chi connectivity index (χ4v) is 1.90. The zero-order valence-corrected chi connectivity index (χ0v) is 11.6. The molecule has 3 nitrogen and oxygen atoms in total. The SMILES string of the molecule is C#Cc1ccc(OCc2ccccc2)c(OC)c1OC. The van der Waals surface area contributed by atoms with Gasteiger partial charge in [0, 0.05) is 0 Å². The lowest BCUT2D eigenvalue weighted by molar-refractivity contribution is 0.275. The maximum absolute atomic E-state index is 5.78. The molecular weight excluding hydrogens is 252 g/mol. The molecule has 0 fully saturated rings. The second-order valence-corrected chi connectivity index (χ2v) is 4.10. The number of terminal acetylenes is 1. The van der Waals surface area contributed by atoms with Crippen molar-refractivity contribution in [1.82, 2.24) is 0 Å². The molecule has 2 aromatic carbocycles. The van der Waals surface area contributed by atoms with Gasteiger partial charge in [-0.15, -0.1) is 6.42 Å². The molecule has 20 heavy (non-hydrogen) atoms. The van der Waals surface area contributed by atoms with Crippen molar-refractivity contribution in [3.05, 3.63) is 53.6 Å². The molecule has 102 valence electrons. The first-order chi connectivity index (χ1) is 9.80. The molecule has 0 aliphatic heterocycles. The molecule has 0 N–H and O–H groups in total. The lowest BCUT2D eigenvalue weighted by Gasteiger charge is -2.15. The summed E-state index contributed by atoms with van der Waals surface area (Å²) < 4.78 is 16.4. The minimum atomic E-state index is 0.454. The third kappa shape index (κ3) is 2.86. The summed E-state index contributed by atoms with van der Waals surface area (Å²) >= 11 is 0. The molecule has 2 rings (SSSR count). The summed E-state index contributed by atoms with van der Waals surface area (Å²) in [5.74, 6) is 4.19. The molecule has 0 aliphatic rings. The van der Waals surface area contributed by atoms with Crippen LogP contribution >= 0.6 is 0 Å². The van der Waals surface area contributed by atoms with Crippen LogP contribution in [0.4, 0.5) is 0 Å². The third-order valence-corrected chi connectivity index (χ3v) is 2.88. The lowest BCUT2D eigenvalue weighted by Crippen LogP contribution is -2.00. The second kappa shape index (κ2) is 6.53. The number of hydrogen-bond acceptors (Lipinski definition) is 3. The maximum Gasteiger partial charge on any atom is 0.204 e. The van der Waals surface area contributed by atoms with Crippen LogP contribution in [0.2, 0.25) is 0 Å². The first-order valence-corrected chi connectivity index (χ1v) is 6.18. The highest BCUT2D eigenvalue weighted by atomic mass is 16.5. The second-order valence-electron chi connectivity index (χ2n) is 4.10. The van der Waals surface area contributed by atoms with Crippen molar-refractivity contribution in [1.29, 1.82) is 0 Å². The predicted octanol–water partition coefficient (Wildman–Crippen LogP) is 3.26. The minimum Gasteiger partial charge on any atom is -0.491 e. The predicted molar refractivity (Wildman–Crippen MR) is 78.3 cm³/mol. The Labute approximate surface area is 119 Å². The molecule has 0 spiro atoms. The fraction of sp³-hybridized carbons (Fsp3) is 0.176. The molecule has 3 heteroatoms. The van der Waals surface area contributed by atoms with E-state index in [2.05, 4.69) is 5.92 Å². The van der Waals surface area contributed by atoms with E-state index in [0.29, 0.717) is 29.4 Å². The summed E-state index contributed by atoms with van der Waals surface area (Å²) in [7, 11) is 3.12. The Balaban J connectivity index is 2.26. The van der Waals surface area contributed by atoms with E-state index in [1.165, 1.54) is 0 Å². The van der Waals surface area contributed by atoms with Crippen LogP contribution in [0.15, 0.2) is 42.5 Å². The van der Waals surface area contributed by atoms with Gasteiger partial charge in [0.05, 0.1) is 19.8 Å². The topological polar surface area (TPSA) is 27.7 Å². The van der Waals surface area contributed by atoms with Crippen LogP contribution in [-0.4, -0.2) is 14.2 Å². The number of rotatable bonds is 5. The van der Waals surface area contributed by atoms with Crippen molar-refractivity contribution >= 4 is 0 Å². The van der Waals surface area contributed by atoms with Gasteiger partial charge in [-0.05, 0) is 17.7 Å². The maximum atomic E-state index is 5.78. The molecule has 2 aromatic rings.